The number of aromatic nitrogens is 1. The zero-order valence-corrected chi connectivity index (χ0v) is 13.9. The summed E-state index contributed by atoms with van der Waals surface area (Å²) in [5, 5.41) is 11.6. The van der Waals surface area contributed by atoms with Gasteiger partial charge >= 0.3 is 0 Å². The standard InChI is InChI=1S/C17H19N3O2S/c1-3-9-23-17(18)20-16-10-14(7-8-19-16)22-15-6-4-5-13(11-21)12(15)2/h3-10,21H,11H2,1-2H3,(H2,18,19,20)/b9-3+. The van der Waals surface area contributed by atoms with E-state index in [1.807, 2.05) is 43.5 Å². The van der Waals surface area contributed by atoms with E-state index in [1.54, 1.807) is 18.3 Å². The molecular weight excluding hydrogens is 310 g/mol. The second kappa shape index (κ2) is 8.36. The maximum atomic E-state index is 9.32. The molecule has 0 aliphatic carbocycles. The summed E-state index contributed by atoms with van der Waals surface area (Å²) in [5.74, 6) is 1.78. The molecule has 23 heavy (non-hydrogen) atoms. The van der Waals surface area contributed by atoms with Gasteiger partial charge in [0.2, 0.25) is 0 Å². The number of amidine groups is 1. The summed E-state index contributed by atoms with van der Waals surface area (Å²) in [6, 6.07) is 9.03. The fraction of sp³-hybridized carbons (Fsp3) is 0.176. The van der Waals surface area contributed by atoms with Crippen molar-refractivity contribution >= 4 is 22.7 Å². The highest BCUT2D eigenvalue weighted by Crippen LogP contribution is 2.28. The Hall–Kier alpha value is -2.31. The molecule has 1 aromatic carbocycles. The number of ether oxygens (including phenoxy) is 1. The minimum Gasteiger partial charge on any atom is -0.457 e. The predicted molar refractivity (Wildman–Crippen MR) is 95.1 cm³/mol. The zero-order valence-electron chi connectivity index (χ0n) is 13.1. The van der Waals surface area contributed by atoms with Gasteiger partial charge in [0.1, 0.15) is 11.5 Å². The van der Waals surface area contributed by atoms with E-state index in [2.05, 4.69) is 9.98 Å². The van der Waals surface area contributed by atoms with E-state index in [-0.39, 0.29) is 6.61 Å². The number of allylic oxidation sites excluding steroid dienone is 1. The Morgan fingerprint density at radius 3 is 3.00 bits per heavy atom. The van der Waals surface area contributed by atoms with Gasteiger partial charge in [0.25, 0.3) is 0 Å². The molecule has 0 saturated heterocycles. The highest BCUT2D eigenvalue weighted by molar-refractivity contribution is 8.16. The van der Waals surface area contributed by atoms with Gasteiger partial charge in [0.15, 0.2) is 11.0 Å². The lowest BCUT2D eigenvalue weighted by atomic mass is 10.1. The summed E-state index contributed by atoms with van der Waals surface area (Å²) in [6.45, 7) is 3.80. The van der Waals surface area contributed by atoms with Crippen LogP contribution in [-0.2, 0) is 6.61 Å². The Morgan fingerprint density at radius 1 is 1.43 bits per heavy atom. The Morgan fingerprint density at radius 2 is 2.26 bits per heavy atom. The highest BCUT2D eigenvalue weighted by atomic mass is 32.2. The van der Waals surface area contributed by atoms with Gasteiger partial charge in [-0.3, -0.25) is 0 Å². The van der Waals surface area contributed by atoms with Crippen LogP contribution in [0.4, 0.5) is 5.82 Å². The van der Waals surface area contributed by atoms with E-state index in [1.165, 1.54) is 11.8 Å². The molecule has 1 aromatic heterocycles. The smallest absolute Gasteiger partial charge is 0.165 e. The van der Waals surface area contributed by atoms with Crippen LogP contribution in [-0.4, -0.2) is 15.3 Å². The first kappa shape index (κ1) is 17.1. The molecule has 0 radical (unpaired) electrons. The van der Waals surface area contributed by atoms with Gasteiger partial charge in [-0.1, -0.05) is 30.0 Å². The summed E-state index contributed by atoms with van der Waals surface area (Å²) < 4.78 is 5.87. The first-order chi connectivity index (χ1) is 11.1. The molecule has 0 bridgehead atoms. The van der Waals surface area contributed by atoms with Crippen LogP contribution >= 0.6 is 11.8 Å². The number of pyridine rings is 1. The van der Waals surface area contributed by atoms with Gasteiger partial charge < -0.3 is 15.6 Å². The van der Waals surface area contributed by atoms with Gasteiger partial charge in [-0.05, 0) is 42.5 Å². The second-order valence-corrected chi connectivity index (χ2v) is 5.61. The normalized spacial score (nSPS) is 11.9. The van der Waals surface area contributed by atoms with Crippen molar-refractivity contribution in [1.82, 2.24) is 4.98 Å². The molecule has 0 amide bonds. The predicted octanol–water partition coefficient (Wildman–Crippen LogP) is 3.89. The lowest BCUT2D eigenvalue weighted by molar-refractivity contribution is 0.280. The number of nitrogens with zero attached hydrogens (tertiary/aromatic N) is 2. The molecule has 0 fully saturated rings. The SMILES string of the molecule is C/C=C/SC(N)=Nc1cc(Oc2cccc(CO)c2C)ccn1. The molecule has 2 rings (SSSR count). The third-order valence-electron chi connectivity index (χ3n) is 3.06. The Bertz CT molecular complexity index is 730. The molecule has 0 unspecified atom stereocenters. The molecule has 0 atom stereocenters. The molecule has 120 valence electrons. The number of hydrogen-bond donors (Lipinski definition) is 2. The molecule has 3 N–H and O–H groups in total. The number of nitrogens with two attached hydrogens (primary N) is 1. The lowest BCUT2D eigenvalue weighted by Gasteiger charge is -2.11. The molecule has 5 nitrogen and oxygen atoms in total. The van der Waals surface area contributed by atoms with Gasteiger partial charge in [-0.15, -0.1) is 0 Å². The van der Waals surface area contributed by atoms with Crippen molar-refractivity contribution in [3.63, 3.8) is 0 Å². The summed E-state index contributed by atoms with van der Waals surface area (Å²) >= 11 is 1.33. The maximum absolute atomic E-state index is 9.32. The average molecular weight is 329 g/mol. The summed E-state index contributed by atoms with van der Waals surface area (Å²) in [4.78, 5) is 8.39. The molecule has 1 heterocycles. The van der Waals surface area contributed by atoms with Gasteiger partial charge in [-0.25, -0.2) is 9.98 Å². The Kier molecular flexibility index (Phi) is 6.19. The van der Waals surface area contributed by atoms with E-state index in [0.29, 0.717) is 22.5 Å². The summed E-state index contributed by atoms with van der Waals surface area (Å²) in [6.07, 6.45) is 3.50. The van der Waals surface area contributed by atoms with Gasteiger partial charge in [0, 0.05) is 12.3 Å². The number of thioether (sulfide) groups is 1. The summed E-state index contributed by atoms with van der Waals surface area (Å²) in [7, 11) is 0. The zero-order chi connectivity index (χ0) is 16.7. The van der Waals surface area contributed by atoms with Crippen LogP contribution in [0.1, 0.15) is 18.1 Å². The highest BCUT2D eigenvalue weighted by Gasteiger charge is 2.06. The molecule has 0 aliphatic rings. The molecule has 2 aromatic rings. The summed E-state index contributed by atoms with van der Waals surface area (Å²) in [5.41, 5.74) is 7.55. The molecule has 0 spiro atoms. The topological polar surface area (TPSA) is 80.7 Å². The van der Waals surface area contributed by atoms with Crippen LogP contribution < -0.4 is 10.5 Å². The van der Waals surface area contributed by atoms with E-state index in [4.69, 9.17) is 10.5 Å². The largest absolute Gasteiger partial charge is 0.457 e. The average Bonchev–Trinajstić information content (AvgIpc) is 2.55. The van der Waals surface area contributed by atoms with Crippen LogP contribution in [0.5, 0.6) is 11.5 Å². The Labute approximate surface area is 139 Å². The minimum atomic E-state index is -0.0202. The second-order valence-electron chi connectivity index (χ2n) is 4.69. The maximum Gasteiger partial charge on any atom is 0.165 e. The van der Waals surface area contributed by atoms with Crippen LogP contribution in [0.2, 0.25) is 0 Å². The van der Waals surface area contributed by atoms with Crippen molar-refractivity contribution in [2.24, 2.45) is 10.7 Å². The number of rotatable bonds is 5. The fourth-order valence-corrected chi connectivity index (χ4v) is 2.29. The van der Waals surface area contributed by atoms with Crippen molar-refractivity contribution in [3.05, 3.63) is 59.1 Å². The van der Waals surface area contributed by atoms with Crippen molar-refractivity contribution in [3.8, 4) is 11.5 Å². The van der Waals surface area contributed by atoms with Crippen LogP contribution in [0.15, 0.2) is 53.0 Å². The van der Waals surface area contributed by atoms with Gasteiger partial charge in [-0.2, -0.15) is 0 Å². The van der Waals surface area contributed by atoms with E-state index < -0.39 is 0 Å². The lowest BCUT2D eigenvalue weighted by Crippen LogP contribution is -2.04. The first-order valence-electron chi connectivity index (χ1n) is 7.09. The number of hydrogen-bond acceptors (Lipinski definition) is 5. The molecule has 0 aliphatic heterocycles. The van der Waals surface area contributed by atoms with Crippen LogP contribution in [0.25, 0.3) is 0 Å². The first-order valence-corrected chi connectivity index (χ1v) is 7.97. The van der Waals surface area contributed by atoms with Crippen molar-refractivity contribution < 1.29 is 9.84 Å². The monoisotopic (exact) mass is 329 g/mol. The van der Waals surface area contributed by atoms with E-state index in [0.717, 1.165) is 11.1 Å². The van der Waals surface area contributed by atoms with Crippen molar-refractivity contribution in [2.45, 2.75) is 20.5 Å². The fourth-order valence-electron chi connectivity index (χ4n) is 1.87. The van der Waals surface area contributed by atoms with Crippen molar-refractivity contribution in [1.29, 1.82) is 0 Å². The molecular formula is C17H19N3O2S. The minimum absolute atomic E-state index is 0.0202. The number of benzene rings is 1. The third-order valence-corrected chi connectivity index (χ3v) is 3.80. The van der Waals surface area contributed by atoms with Crippen LogP contribution in [0.3, 0.4) is 0 Å². The number of aliphatic imine (C=N–C) groups is 1. The third kappa shape index (κ3) is 4.84. The number of aliphatic hydroxyl groups is 1. The van der Waals surface area contributed by atoms with Crippen LogP contribution in [0, 0.1) is 6.92 Å². The van der Waals surface area contributed by atoms with E-state index >= 15 is 0 Å². The van der Waals surface area contributed by atoms with Crippen molar-refractivity contribution in [2.75, 3.05) is 0 Å². The quantitative estimate of drug-likeness (QED) is 0.642. The molecule has 0 saturated carbocycles. The van der Waals surface area contributed by atoms with E-state index in [9.17, 15) is 5.11 Å². The molecule has 6 heteroatoms. The Balaban J connectivity index is 2.21. The van der Waals surface area contributed by atoms with Gasteiger partial charge in [0.05, 0.1) is 6.61 Å². The number of aliphatic hydroxyl groups excluding tert-OH is 1.